The van der Waals surface area contributed by atoms with Crippen molar-refractivity contribution in [2.75, 3.05) is 26.2 Å². The number of halogens is 1. The highest BCUT2D eigenvalue weighted by Gasteiger charge is 2.46. The summed E-state index contributed by atoms with van der Waals surface area (Å²) in [5, 5.41) is 3.50. The quantitative estimate of drug-likeness (QED) is 0.883. The van der Waals surface area contributed by atoms with Crippen LogP contribution in [0, 0.1) is 11.8 Å². The van der Waals surface area contributed by atoms with Gasteiger partial charge in [-0.2, -0.15) is 0 Å². The number of fused-ring (bicyclic) bond motifs is 2. The highest BCUT2D eigenvalue weighted by molar-refractivity contribution is 5.95. The minimum atomic E-state index is 0. The largest absolute Gasteiger partial charge is 0.493 e. The van der Waals surface area contributed by atoms with Crippen molar-refractivity contribution in [3.05, 3.63) is 65.2 Å². The Hall–Kier alpha value is -2.04. The lowest BCUT2D eigenvalue weighted by atomic mass is 9.89. The molecular formula is C21H23ClN2O2. The molecule has 2 saturated heterocycles. The van der Waals surface area contributed by atoms with Gasteiger partial charge in [0, 0.05) is 37.5 Å². The van der Waals surface area contributed by atoms with Crippen LogP contribution in [0.15, 0.2) is 48.5 Å². The molecule has 0 saturated carbocycles. The summed E-state index contributed by atoms with van der Waals surface area (Å²) in [6.07, 6.45) is 0.897. The predicted octanol–water partition coefficient (Wildman–Crippen LogP) is 3.08. The van der Waals surface area contributed by atoms with Crippen molar-refractivity contribution in [3.8, 4) is 5.75 Å². The zero-order valence-corrected chi connectivity index (χ0v) is 15.4. The van der Waals surface area contributed by atoms with Gasteiger partial charge in [0.15, 0.2) is 0 Å². The number of carbonyl (C=O) groups is 1. The lowest BCUT2D eigenvalue weighted by Gasteiger charge is -2.28. The van der Waals surface area contributed by atoms with Gasteiger partial charge in [-0.25, -0.2) is 0 Å². The first kappa shape index (κ1) is 17.4. The fraction of sp³-hybridized carbons (Fsp3) is 0.381. The van der Waals surface area contributed by atoms with E-state index in [1.165, 1.54) is 5.56 Å². The fourth-order valence-corrected chi connectivity index (χ4v) is 4.69. The Kier molecular flexibility index (Phi) is 4.63. The van der Waals surface area contributed by atoms with E-state index >= 15 is 0 Å². The van der Waals surface area contributed by atoms with Gasteiger partial charge in [0.2, 0.25) is 0 Å². The molecule has 4 nitrogen and oxygen atoms in total. The average Bonchev–Trinajstić information content (AvgIpc) is 3.36. The smallest absolute Gasteiger partial charge is 0.254 e. The number of nitrogens with one attached hydrogen (secondary N) is 1. The number of hydrogen-bond donors (Lipinski definition) is 1. The Morgan fingerprint density at radius 1 is 1.12 bits per heavy atom. The summed E-state index contributed by atoms with van der Waals surface area (Å²) in [5.41, 5.74) is 3.19. The van der Waals surface area contributed by atoms with Gasteiger partial charge in [0.05, 0.1) is 12.6 Å². The molecule has 2 aromatic carbocycles. The molecule has 0 radical (unpaired) electrons. The molecule has 0 bridgehead atoms. The summed E-state index contributed by atoms with van der Waals surface area (Å²) in [6.45, 7) is 3.56. The molecule has 0 aromatic heterocycles. The van der Waals surface area contributed by atoms with Gasteiger partial charge in [-0.3, -0.25) is 4.79 Å². The van der Waals surface area contributed by atoms with Crippen LogP contribution in [0.3, 0.4) is 0 Å². The molecule has 1 amide bonds. The number of nitrogens with zero attached hydrogens (tertiary/aromatic N) is 1. The Bertz CT molecular complexity index is 811. The number of hydrogen-bond acceptors (Lipinski definition) is 3. The molecule has 3 atom stereocenters. The number of carbonyl (C=O) groups excluding carboxylic acids is 1. The molecule has 1 N–H and O–H groups in total. The lowest BCUT2D eigenvalue weighted by molar-refractivity contribution is 0.0714. The molecular weight excluding hydrogens is 348 g/mol. The molecule has 0 spiro atoms. The van der Waals surface area contributed by atoms with Crippen molar-refractivity contribution >= 4 is 18.3 Å². The van der Waals surface area contributed by atoms with E-state index in [1.54, 1.807) is 0 Å². The molecule has 3 heterocycles. The molecule has 3 aliphatic heterocycles. The third kappa shape index (κ3) is 2.78. The maximum atomic E-state index is 13.3. The second-order valence-electron chi connectivity index (χ2n) is 7.32. The van der Waals surface area contributed by atoms with Crippen LogP contribution < -0.4 is 10.1 Å². The maximum absolute atomic E-state index is 13.3. The molecule has 5 heteroatoms. The van der Waals surface area contributed by atoms with Crippen molar-refractivity contribution in [2.24, 2.45) is 11.8 Å². The zero-order chi connectivity index (χ0) is 16.8. The van der Waals surface area contributed by atoms with E-state index in [-0.39, 0.29) is 24.4 Å². The van der Waals surface area contributed by atoms with Gasteiger partial charge in [0.25, 0.3) is 5.91 Å². The normalized spacial score (nSPS) is 26.0. The third-order valence-electron chi connectivity index (χ3n) is 5.90. The Labute approximate surface area is 159 Å². The minimum Gasteiger partial charge on any atom is -0.493 e. The number of rotatable bonds is 2. The molecule has 136 valence electrons. The topological polar surface area (TPSA) is 41.6 Å². The van der Waals surface area contributed by atoms with E-state index in [0.29, 0.717) is 11.8 Å². The molecule has 2 fully saturated rings. The minimum absolute atomic E-state index is 0. The first-order valence-corrected chi connectivity index (χ1v) is 9.13. The predicted molar refractivity (Wildman–Crippen MR) is 103 cm³/mol. The standard InChI is InChI=1S/C21H22N2O2.ClH/c24-21(16-6-7-19-15(10-16)8-9-25-19)23-13-17-11-22-12-18(17)20(23)14-4-2-1-3-5-14;/h1-7,10,17-18,20,22H,8-9,11-13H2;1H/t17-,18-,20+;/m0./s1. The van der Waals surface area contributed by atoms with E-state index < -0.39 is 0 Å². The molecule has 3 aliphatic rings. The summed E-state index contributed by atoms with van der Waals surface area (Å²) in [6, 6.07) is 16.5. The van der Waals surface area contributed by atoms with Crippen LogP contribution in [0.4, 0.5) is 0 Å². The maximum Gasteiger partial charge on any atom is 0.254 e. The SMILES string of the molecule is Cl.O=C(c1ccc2c(c1)CCO2)N1C[C@@H]2CNC[C@@H]2[C@H]1c1ccccc1. The van der Waals surface area contributed by atoms with Crippen LogP contribution in [0.25, 0.3) is 0 Å². The van der Waals surface area contributed by atoms with E-state index in [1.807, 2.05) is 24.3 Å². The first-order chi connectivity index (χ1) is 12.3. The van der Waals surface area contributed by atoms with Crippen LogP contribution in [0.1, 0.15) is 27.5 Å². The van der Waals surface area contributed by atoms with Gasteiger partial charge in [0.1, 0.15) is 5.75 Å². The zero-order valence-electron chi connectivity index (χ0n) is 14.6. The molecule has 0 aliphatic carbocycles. The lowest BCUT2D eigenvalue weighted by Crippen LogP contribution is -2.34. The fourth-order valence-electron chi connectivity index (χ4n) is 4.69. The molecule has 0 unspecified atom stereocenters. The summed E-state index contributed by atoms with van der Waals surface area (Å²) >= 11 is 0. The monoisotopic (exact) mass is 370 g/mol. The molecule has 5 rings (SSSR count). The van der Waals surface area contributed by atoms with Crippen molar-refractivity contribution < 1.29 is 9.53 Å². The summed E-state index contributed by atoms with van der Waals surface area (Å²) < 4.78 is 5.58. The number of amides is 1. The summed E-state index contributed by atoms with van der Waals surface area (Å²) in [4.78, 5) is 15.4. The van der Waals surface area contributed by atoms with Gasteiger partial charge >= 0.3 is 0 Å². The number of benzene rings is 2. The highest BCUT2D eigenvalue weighted by Crippen LogP contribution is 2.43. The Morgan fingerprint density at radius 3 is 2.81 bits per heavy atom. The van der Waals surface area contributed by atoms with E-state index in [0.717, 1.165) is 49.5 Å². The van der Waals surface area contributed by atoms with Gasteiger partial charge in [-0.05, 0) is 35.2 Å². The van der Waals surface area contributed by atoms with Crippen LogP contribution in [0.5, 0.6) is 5.75 Å². The average molecular weight is 371 g/mol. The van der Waals surface area contributed by atoms with Crippen LogP contribution in [-0.2, 0) is 6.42 Å². The second-order valence-corrected chi connectivity index (χ2v) is 7.32. The summed E-state index contributed by atoms with van der Waals surface area (Å²) in [5.74, 6) is 2.13. The van der Waals surface area contributed by atoms with Crippen molar-refractivity contribution in [2.45, 2.75) is 12.5 Å². The van der Waals surface area contributed by atoms with Gasteiger partial charge in [-0.1, -0.05) is 30.3 Å². The van der Waals surface area contributed by atoms with E-state index in [4.69, 9.17) is 4.74 Å². The van der Waals surface area contributed by atoms with Crippen LogP contribution in [-0.4, -0.2) is 37.0 Å². The van der Waals surface area contributed by atoms with Crippen molar-refractivity contribution in [1.82, 2.24) is 10.2 Å². The van der Waals surface area contributed by atoms with E-state index in [2.05, 4.69) is 34.5 Å². The Morgan fingerprint density at radius 2 is 1.96 bits per heavy atom. The van der Waals surface area contributed by atoms with Gasteiger partial charge < -0.3 is 15.0 Å². The number of likely N-dealkylation sites (tertiary alicyclic amines) is 1. The van der Waals surface area contributed by atoms with Crippen LogP contribution >= 0.6 is 12.4 Å². The third-order valence-corrected chi connectivity index (χ3v) is 5.90. The van der Waals surface area contributed by atoms with E-state index in [9.17, 15) is 4.79 Å². The van der Waals surface area contributed by atoms with Crippen LogP contribution in [0.2, 0.25) is 0 Å². The van der Waals surface area contributed by atoms with Crippen molar-refractivity contribution in [3.63, 3.8) is 0 Å². The first-order valence-electron chi connectivity index (χ1n) is 9.13. The molecule has 26 heavy (non-hydrogen) atoms. The summed E-state index contributed by atoms with van der Waals surface area (Å²) in [7, 11) is 0. The highest BCUT2D eigenvalue weighted by atomic mass is 35.5. The molecule has 2 aromatic rings. The van der Waals surface area contributed by atoms with Gasteiger partial charge in [-0.15, -0.1) is 12.4 Å². The Balaban J connectivity index is 0.00000168. The second kappa shape index (κ2) is 6.93. The van der Waals surface area contributed by atoms with Crippen molar-refractivity contribution in [1.29, 1.82) is 0 Å². The number of ether oxygens (including phenoxy) is 1.